The topological polar surface area (TPSA) is 85.3 Å². The number of hydrogen-bond acceptors (Lipinski definition) is 7. The van der Waals surface area contributed by atoms with E-state index in [9.17, 15) is 10.1 Å². The van der Waals surface area contributed by atoms with Crippen molar-refractivity contribution in [1.29, 1.82) is 0 Å². The fourth-order valence-electron chi connectivity index (χ4n) is 2.47. The zero-order chi connectivity index (χ0) is 16.2. The molecule has 0 amide bonds. The molecule has 23 heavy (non-hydrogen) atoms. The van der Waals surface area contributed by atoms with E-state index in [0.29, 0.717) is 5.52 Å². The van der Waals surface area contributed by atoms with Gasteiger partial charge >= 0.3 is 5.69 Å². The fraction of sp³-hybridized carbons (Fsp3) is 0.333. The molecule has 0 unspecified atom stereocenters. The standard InChI is InChI=1S/C15H16N4O3S/c1-2-3-8-18(10-11-5-4-9-23-11)12-6-7-13(19(20)21)15-14(12)16-22-17-15/h4-7,9H,2-3,8,10H2,1H3. The third-order valence-electron chi connectivity index (χ3n) is 3.62. The summed E-state index contributed by atoms with van der Waals surface area (Å²) >= 11 is 1.69. The lowest BCUT2D eigenvalue weighted by atomic mass is 10.2. The van der Waals surface area contributed by atoms with Crippen LogP contribution in [-0.2, 0) is 6.54 Å². The highest BCUT2D eigenvalue weighted by Gasteiger charge is 2.22. The Morgan fingerprint density at radius 2 is 2.13 bits per heavy atom. The molecule has 3 aromatic rings. The Balaban J connectivity index is 2.01. The van der Waals surface area contributed by atoms with Crippen molar-refractivity contribution in [3.63, 3.8) is 0 Å². The van der Waals surface area contributed by atoms with Crippen LogP contribution in [0.2, 0.25) is 0 Å². The van der Waals surface area contributed by atoms with Crippen LogP contribution in [0.5, 0.6) is 0 Å². The molecule has 0 aliphatic heterocycles. The molecule has 0 saturated heterocycles. The van der Waals surface area contributed by atoms with Crippen molar-refractivity contribution in [2.75, 3.05) is 11.4 Å². The van der Waals surface area contributed by atoms with Crippen LogP contribution in [0.4, 0.5) is 11.4 Å². The first-order valence-electron chi connectivity index (χ1n) is 7.37. The Kier molecular flexibility index (Phi) is 4.52. The normalized spacial score (nSPS) is 11.0. The molecule has 1 aromatic carbocycles. The molecule has 3 rings (SSSR count). The van der Waals surface area contributed by atoms with E-state index in [1.54, 1.807) is 17.4 Å². The van der Waals surface area contributed by atoms with Crippen LogP contribution in [-0.4, -0.2) is 21.8 Å². The Hall–Kier alpha value is -2.48. The number of fused-ring (bicyclic) bond motifs is 1. The summed E-state index contributed by atoms with van der Waals surface area (Å²) in [4.78, 5) is 14.0. The van der Waals surface area contributed by atoms with Crippen LogP contribution in [0.25, 0.3) is 11.0 Å². The molecule has 7 nitrogen and oxygen atoms in total. The van der Waals surface area contributed by atoms with E-state index in [-0.39, 0.29) is 11.2 Å². The summed E-state index contributed by atoms with van der Waals surface area (Å²) in [6.07, 6.45) is 2.09. The van der Waals surface area contributed by atoms with Crippen LogP contribution >= 0.6 is 11.3 Å². The second kappa shape index (κ2) is 6.74. The van der Waals surface area contributed by atoms with Gasteiger partial charge in [0.25, 0.3) is 0 Å². The Labute approximate surface area is 136 Å². The third-order valence-corrected chi connectivity index (χ3v) is 4.48. The third kappa shape index (κ3) is 3.16. The van der Waals surface area contributed by atoms with E-state index in [1.165, 1.54) is 10.9 Å². The van der Waals surface area contributed by atoms with Crippen molar-refractivity contribution in [2.24, 2.45) is 0 Å². The van der Waals surface area contributed by atoms with Crippen LogP contribution < -0.4 is 4.90 Å². The van der Waals surface area contributed by atoms with Gasteiger partial charge in [-0.25, -0.2) is 4.63 Å². The first kappa shape index (κ1) is 15.4. The van der Waals surface area contributed by atoms with Gasteiger partial charge in [-0.05, 0) is 34.2 Å². The number of rotatable bonds is 7. The lowest BCUT2D eigenvalue weighted by Crippen LogP contribution is -2.23. The van der Waals surface area contributed by atoms with Gasteiger partial charge in [0.05, 0.1) is 17.2 Å². The highest BCUT2D eigenvalue weighted by molar-refractivity contribution is 7.09. The lowest BCUT2D eigenvalue weighted by molar-refractivity contribution is -0.383. The number of nitro benzene ring substituents is 1. The van der Waals surface area contributed by atoms with Crippen molar-refractivity contribution in [3.05, 3.63) is 44.6 Å². The molecule has 0 aliphatic rings. The molecule has 0 bridgehead atoms. The van der Waals surface area contributed by atoms with E-state index >= 15 is 0 Å². The quantitative estimate of drug-likeness (QED) is 0.480. The summed E-state index contributed by atoms with van der Waals surface area (Å²) in [7, 11) is 0. The molecule has 8 heteroatoms. The summed E-state index contributed by atoms with van der Waals surface area (Å²) in [5, 5.41) is 20.7. The van der Waals surface area contributed by atoms with Crippen molar-refractivity contribution in [3.8, 4) is 0 Å². The van der Waals surface area contributed by atoms with Crippen LogP contribution in [0.15, 0.2) is 34.3 Å². The van der Waals surface area contributed by atoms with Gasteiger partial charge in [-0.1, -0.05) is 19.4 Å². The van der Waals surface area contributed by atoms with Gasteiger partial charge in [0.15, 0.2) is 5.52 Å². The Morgan fingerprint density at radius 3 is 2.83 bits per heavy atom. The number of nitro groups is 1. The summed E-state index contributed by atoms with van der Waals surface area (Å²) < 4.78 is 4.76. The predicted octanol–water partition coefficient (Wildman–Crippen LogP) is 4.00. The fourth-order valence-corrected chi connectivity index (χ4v) is 3.19. The van der Waals surface area contributed by atoms with Crippen LogP contribution in [0.3, 0.4) is 0 Å². The average Bonchev–Trinajstić information content (AvgIpc) is 3.21. The summed E-state index contributed by atoms with van der Waals surface area (Å²) in [6.45, 7) is 3.71. The number of anilines is 1. The smallest absolute Gasteiger partial charge is 0.300 e. The maximum atomic E-state index is 11.1. The number of thiophene rings is 1. The zero-order valence-electron chi connectivity index (χ0n) is 12.6. The first-order chi connectivity index (χ1) is 11.2. The van der Waals surface area contributed by atoms with Crippen molar-refractivity contribution in [2.45, 2.75) is 26.3 Å². The van der Waals surface area contributed by atoms with E-state index in [0.717, 1.165) is 31.6 Å². The molecule has 2 heterocycles. The first-order valence-corrected chi connectivity index (χ1v) is 8.25. The van der Waals surface area contributed by atoms with Crippen molar-refractivity contribution < 1.29 is 9.55 Å². The van der Waals surface area contributed by atoms with Crippen molar-refractivity contribution in [1.82, 2.24) is 10.3 Å². The van der Waals surface area contributed by atoms with Crippen LogP contribution in [0.1, 0.15) is 24.6 Å². The second-order valence-electron chi connectivity index (χ2n) is 5.18. The molecule has 0 aliphatic carbocycles. The summed E-state index contributed by atoms with van der Waals surface area (Å²) in [5.74, 6) is 0. The van der Waals surface area contributed by atoms with E-state index in [4.69, 9.17) is 4.63 Å². The monoisotopic (exact) mass is 332 g/mol. The zero-order valence-corrected chi connectivity index (χ0v) is 13.5. The van der Waals surface area contributed by atoms with Gasteiger partial charge < -0.3 is 4.90 Å². The molecule has 0 saturated carbocycles. The number of nitrogens with zero attached hydrogens (tertiary/aromatic N) is 4. The molecule has 0 N–H and O–H groups in total. The van der Waals surface area contributed by atoms with E-state index in [2.05, 4.69) is 28.2 Å². The number of benzene rings is 1. The molecule has 2 aromatic heterocycles. The summed E-state index contributed by atoms with van der Waals surface area (Å²) in [6, 6.07) is 7.29. The minimum absolute atomic E-state index is 0.0865. The van der Waals surface area contributed by atoms with E-state index in [1.807, 2.05) is 11.4 Å². The lowest BCUT2D eigenvalue weighted by Gasteiger charge is -2.24. The van der Waals surface area contributed by atoms with Gasteiger partial charge in [-0.3, -0.25) is 10.1 Å². The molecule has 120 valence electrons. The SMILES string of the molecule is CCCCN(Cc1cccs1)c1ccc([N+](=O)[O-])c2nonc12. The highest BCUT2D eigenvalue weighted by atomic mass is 32.1. The highest BCUT2D eigenvalue weighted by Crippen LogP contribution is 2.32. The molecule has 0 atom stereocenters. The van der Waals surface area contributed by atoms with Crippen LogP contribution in [0, 0.1) is 10.1 Å². The maximum absolute atomic E-state index is 11.1. The predicted molar refractivity (Wildman–Crippen MR) is 88.7 cm³/mol. The Bertz CT molecular complexity index is 800. The minimum atomic E-state index is -0.466. The minimum Gasteiger partial charge on any atom is -0.364 e. The second-order valence-corrected chi connectivity index (χ2v) is 6.21. The molecular weight excluding hydrogens is 316 g/mol. The Morgan fingerprint density at radius 1 is 1.30 bits per heavy atom. The number of unbranched alkanes of at least 4 members (excludes halogenated alkanes) is 1. The van der Waals surface area contributed by atoms with E-state index < -0.39 is 4.92 Å². The largest absolute Gasteiger partial charge is 0.364 e. The molecular formula is C15H16N4O3S. The number of hydrogen-bond donors (Lipinski definition) is 0. The molecule has 0 spiro atoms. The van der Waals surface area contributed by atoms with Gasteiger partial charge in [-0.2, -0.15) is 0 Å². The van der Waals surface area contributed by atoms with Gasteiger partial charge in [-0.15, -0.1) is 11.3 Å². The number of non-ortho nitro benzene ring substituents is 1. The average molecular weight is 332 g/mol. The van der Waals surface area contributed by atoms with Gasteiger partial charge in [0.2, 0.25) is 5.52 Å². The van der Waals surface area contributed by atoms with Gasteiger partial charge in [0, 0.05) is 17.5 Å². The molecule has 0 fully saturated rings. The molecule has 0 radical (unpaired) electrons. The van der Waals surface area contributed by atoms with Gasteiger partial charge in [0.1, 0.15) is 0 Å². The summed E-state index contributed by atoms with van der Waals surface area (Å²) in [5.41, 5.74) is 1.36. The number of aromatic nitrogens is 2. The maximum Gasteiger partial charge on any atom is 0.300 e. The van der Waals surface area contributed by atoms with Crippen molar-refractivity contribution >= 4 is 33.7 Å².